The van der Waals surface area contributed by atoms with Crippen LogP contribution >= 0.6 is 15.9 Å². The SMILES string of the molecule is CC1CC=CCC1COCCCBr. The van der Waals surface area contributed by atoms with E-state index in [4.69, 9.17) is 4.74 Å². The van der Waals surface area contributed by atoms with E-state index in [0.29, 0.717) is 0 Å². The van der Waals surface area contributed by atoms with Gasteiger partial charge in [-0.05, 0) is 31.1 Å². The Morgan fingerprint density at radius 2 is 2.15 bits per heavy atom. The highest BCUT2D eigenvalue weighted by Gasteiger charge is 2.17. The molecule has 1 aliphatic rings. The summed E-state index contributed by atoms with van der Waals surface area (Å²) in [6.07, 6.45) is 8.14. The average molecular weight is 247 g/mol. The molecule has 1 nitrogen and oxygen atoms in total. The Morgan fingerprint density at radius 3 is 2.85 bits per heavy atom. The van der Waals surface area contributed by atoms with E-state index in [0.717, 1.165) is 36.8 Å². The molecule has 13 heavy (non-hydrogen) atoms. The van der Waals surface area contributed by atoms with Crippen LogP contribution in [0.1, 0.15) is 26.2 Å². The van der Waals surface area contributed by atoms with E-state index in [-0.39, 0.29) is 0 Å². The van der Waals surface area contributed by atoms with Gasteiger partial charge in [0.25, 0.3) is 0 Å². The minimum Gasteiger partial charge on any atom is -0.381 e. The number of allylic oxidation sites excluding steroid dienone is 2. The van der Waals surface area contributed by atoms with Crippen LogP contribution in [-0.2, 0) is 4.74 Å². The van der Waals surface area contributed by atoms with Gasteiger partial charge in [0.1, 0.15) is 0 Å². The van der Waals surface area contributed by atoms with Crippen LogP contribution in [0.5, 0.6) is 0 Å². The summed E-state index contributed by atoms with van der Waals surface area (Å²) in [7, 11) is 0. The smallest absolute Gasteiger partial charge is 0.0499 e. The van der Waals surface area contributed by atoms with E-state index in [2.05, 4.69) is 35.0 Å². The maximum atomic E-state index is 5.62. The molecule has 0 amide bonds. The second kappa shape index (κ2) is 6.61. The predicted octanol–water partition coefficient (Wildman–Crippen LogP) is 3.39. The van der Waals surface area contributed by atoms with Gasteiger partial charge >= 0.3 is 0 Å². The largest absolute Gasteiger partial charge is 0.381 e. The summed E-state index contributed by atoms with van der Waals surface area (Å²) in [5, 5.41) is 1.05. The number of alkyl halides is 1. The highest BCUT2D eigenvalue weighted by molar-refractivity contribution is 9.09. The monoisotopic (exact) mass is 246 g/mol. The lowest BCUT2D eigenvalue weighted by Gasteiger charge is -2.24. The Labute approximate surface area is 89.7 Å². The molecule has 0 saturated heterocycles. The van der Waals surface area contributed by atoms with Crippen LogP contribution < -0.4 is 0 Å². The lowest BCUT2D eigenvalue weighted by molar-refractivity contribution is 0.0802. The fraction of sp³-hybridized carbons (Fsp3) is 0.818. The van der Waals surface area contributed by atoms with Gasteiger partial charge in [-0.15, -0.1) is 0 Å². The summed E-state index contributed by atoms with van der Waals surface area (Å²) in [6.45, 7) is 4.17. The van der Waals surface area contributed by atoms with Gasteiger partial charge in [-0.2, -0.15) is 0 Å². The molecule has 2 unspecified atom stereocenters. The Hall–Kier alpha value is 0.180. The third-order valence-electron chi connectivity index (χ3n) is 2.67. The van der Waals surface area contributed by atoms with Crippen LogP contribution in [0.25, 0.3) is 0 Å². The zero-order chi connectivity index (χ0) is 9.52. The topological polar surface area (TPSA) is 9.23 Å². The number of hydrogen-bond donors (Lipinski definition) is 0. The van der Waals surface area contributed by atoms with E-state index < -0.39 is 0 Å². The van der Waals surface area contributed by atoms with Gasteiger partial charge in [0.15, 0.2) is 0 Å². The molecule has 1 rings (SSSR count). The summed E-state index contributed by atoms with van der Waals surface area (Å²) in [5.41, 5.74) is 0. The summed E-state index contributed by atoms with van der Waals surface area (Å²) < 4.78 is 5.62. The first kappa shape index (κ1) is 11.3. The Kier molecular flexibility index (Phi) is 5.72. The van der Waals surface area contributed by atoms with Crippen molar-refractivity contribution < 1.29 is 4.74 Å². The van der Waals surface area contributed by atoms with E-state index in [1.54, 1.807) is 0 Å². The highest BCUT2D eigenvalue weighted by atomic mass is 79.9. The van der Waals surface area contributed by atoms with Gasteiger partial charge in [0.05, 0.1) is 0 Å². The van der Waals surface area contributed by atoms with Crippen molar-refractivity contribution in [3.8, 4) is 0 Å². The Morgan fingerprint density at radius 1 is 1.38 bits per heavy atom. The number of halogens is 1. The van der Waals surface area contributed by atoms with Gasteiger partial charge < -0.3 is 4.74 Å². The minimum atomic E-state index is 0.750. The second-order valence-corrected chi connectivity index (χ2v) is 4.59. The van der Waals surface area contributed by atoms with Crippen molar-refractivity contribution in [3.05, 3.63) is 12.2 Å². The van der Waals surface area contributed by atoms with Crippen molar-refractivity contribution in [1.29, 1.82) is 0 Å². The maximum absolute atomic E-state index is 5.62. The van der Waals surface area contributed by atoms with Crippen molar-refractivity contribution in [2.75, 3.05) is 18.5 Å². The molecule has 0 radical (unpaired) electrons. The molecule has 0 bridgehead atoms. The fourth-order valence-corrected chi connectivity index (χ4v) is 1.86. The van der Waals surface area contributed by atoms with Crippen LogP contribution in [0.2, 0.25) is 0 Å². The van der Waals surface area contributed by atoms with Crippen molar-refractivity contribution >= 4 is 15.9 Å². The third kappa shape index (κ3) is 4.28. The van der Waals surface area contributed by atoms with E-state index in [9.17, 15) is 0 Å². The second-order valence-electron chi connectivity index (χ2n) is 3.80. The molecule has 0 heterocycles. The first-order valence-corrected chi connectivity index (χ1v) is 6.25. The first-order valence-electron chi connectivity index (χ1n) is 5.13. The molecular weight excluding hydrogens is 228 g/mol. The molecule has 0 saturated carbocycles. The molecule has 0 aromatic carbocycles. The quantitative estimate of drug-likeness (QED) is 0.411. The number of rotatable bonds is 5. The zero-order valence-electron chi connectivity index (χ0n) is 8.34. The van der Waals surface area contributed by atoms with Gasteiger partial charge in [-0.1, -0.05) is 35.0 Å². The van der Waals surface area contributed by atoms with Crippen molar-refractivity contribution in [1.82, 2.24) is 0 Å². The fourth-order valence-electron chi connectivity index (χ4n) is 1.63. The molecule has 0 spiro atoms. The normalized spacial score (nSPS) is 27.8. The molecule has 2 heteroatoms. The highest BCUT2D eigenvalue weighted by Crippen LogP contribution is 2.24. The lowest BCUT2D eigenvalue weighted by atomic mass is 9.85. The molecule has 1 aliphatic carbocycles. The molecular formula is C11H19BrO. The van der Waals surface area contributed by atoms with Crippen LogP contribution in [0, 0.1) is 11.8 Å². The molecule has 76 valence electrons. The Bertz CT molecular complexity index is 156. The van der Waals surface area contributed by atoms with E-state index >= 15 is 0 Å². The van der Waals surface area contributed by atoms with E-state index in [1.165, 1.54) is 12.8 Å². The summed E-state index contributed by atoms with van der Waals surface area (Å²) in [6, 6.07) is 0. The number of ether oxygens (including phenoxy) is 1. The summed E-state index contributed by atoms with van der Waals surface area (Å²) in [4.78, 5) is 0. The maximum Gasteiger partial charge on any atom is 0.0499 e. The van der Waals surface area contributed by atoms with Crippen molar-refractivity contribution in [3.63, 3.8) is 0 Å². The van der Waals surface area contributed by atoms with Crippen LogP contribution in [0.3, 0.4) is 0 Å². The third-order valence-corrected chi connectivity index (χ3v) is 3.23. The Balaban J connectivity index is 2.09. The first-order chi connectivity index (χ1) is 6.34. The summed E-state index contributed by atoms with van der Waals surface area (Å²) >= 11 is 3.40. The molecule has 0 fully saturated rings. The van der Waals surface area contributed by atoms with Gasteiger partial charge in [-0.25, -0.2) is 0 Å². The van der Waals surface area contributed by atoms with Gasteiger partial charge in [0, 0.05) is 18.5 Å². The zero-order valence-corrected chi connectivity index (χ0v) is 9.92. The number of hydrogen-bond acceptors (Lipinski definition) is 1. The minimum absolute atomic E-state index is 0.750. The molecule has 0 N–H and O–H groups in total. The van der Waals surface area contributed by atoms with Crippen LogP contribution in [-0.4, -0.2) is 18.5 Å². The lowest BCUT2D eigenvalue weighted by Crippen LogP contribution is -2.19. The van der Waals surface area contributed by atoms with Crippen LogP contribution in [0.4, 0.5) is 0 Å². The molecule has 0 aliphatic heterocycles. The summed E-state index contributed by atoms with van der Waals surface area (Å²) in [5.74, 6) is 1.55. The molecule has 0 aromatic rings. The van der Waals surface area contributed by atoms with Gasteiger partial charge in [0.2, 0.25) is 0 Å². The van der Waals surface area contributed by atoms with Gasteiger partial charge in [-0.3, -0.25) is 0 Å². The molecule has 2 atom stereocenters. The standard InChI is InChI=1S/C11H19BrO/c1-10-5-2-3-6-11(10)9-13-8-4-7-12/h2-3,10-11H,4-9H2,1H3. The molecule has 0 aromatic heterocycles. The van der Waals surface area contributed by atoms with E-state index in [1.807, 2.05) is 0 Å². The predicted molar refractivity (Wildman–Crippen MR) is 60.3 cm³/mol. The van der Waals surface area contributed by atoms with Crippen molar-refractivity contribution in [2.24, 2.45) is 11.8 Å². The van der Waals surface area contributed by atoms with Crippen LogP contribution in [0.15, 0.2) is 12.2 Å². The average Bonchev–Trinajstić information content (AvgIpc) is 2.15. The van der Waals surface area contributed by atoms with Crippen molar-refractivity contribution in [2.45, 2.75) is 26.2 Å².